The van der Waals surface area contributed by atoms with E-state index in [2.05, 4.69) is 16.0 Å². The molecule has 0 bridgehead atoms. The first-order valence-corrected chi connectivity index (χ1v) is 25.4. The first-order chi connectivity index (χ1) is 37.0. The molecule has 7 atom stereocenters. The normalized spacial score (nSPS) is 18.1. The molecule has 1 aliphatic heterocycles. The second-order valence-corrected chi connectivity index (χ2v) is 18.3. The van der Waals surface area contributed by atoms with Crippen molar-refractivity contribution in [3.8, 4) is 0 Å². The van der Waals surface area contributed by atoms with E-state index in [1.165, 1.54) is 6.92 Å². The van der Waals surface area contributed by atoms with E-state index < -0.39 is 72.4 Å². The highest BCUT2D eigenvalue weighted by Crippen LogP contribution is 2.38. The molecule has 0 aliphatic carbocycles. The molecule has 0 unspecified atom stereocenters. The van der Waals surface area contributed by atoms with Gasteiger partial charge in [0.05, 0.1) is 33.0 Å². The van der Waals surface area contributed by atoms with Crippen molar-refractivity contribution >= 4 is 23.9 Å². The van der Waals surface area contributed by atoms with E-state index in [1.54, 1.807) is 72.8 Å². The van der Waals surface area contributed by atoms with Gasteiger partial charge >= 0.3 is 18.0 Å². The molecule has 0 spiro atoms. The number of benzene rings is 6. The quantitative estimate of drug-likeness (QED) is 0.0317. The van der Waals surface area contributed by atoms with Crippen LogP contribution in [0, 0.1) is 0 Å². The van der Waals surface area contributed by atoms with E-state index in [0.29, 0.717) is 11.1 Å². The standard InChI is InChI=1S/C60H65F2N3O11/c1-43(57(67)74-40-48-30-16-6-17-31-48)64-56(66)50(65-59(69)75-41-49-32-18-7-19-33-49)34-20-21-35-63-58(68)60(61,62)55-54(73-39-47-28-14-5-15-29-47)53(72-38-46-26-12-4-13-27-46)52(71-37-45-24-10-3-11-25-45)51(76-55)42-70-36-44-22-8-2-9-23-44/h2-19,22-33,43,50-55H,20-21,34-42H2,1H3,(H,63,68)(H,64,66)(H,65,69)/t43-,50-,51+,52-,53-,54+,55+/m0/s1. The summed E-state index contributed by atoms with van der Waals surface area (Å²) in [4.78, 5) is 53.5. The van der Waals surface area contributed by atoms with E-state index in [0.717, 1.165) is 22.3 Å². The Morgan fingerprint density at radius 3 is 1.43 bits per heavy atom. The van der Waals surface area contributed by atoms with Crippen LogP contribution in [0.2, 0.25) is 0 Å². The highest BCUT2D eigenvalue weighted by molar-refractivity contribution is 5.89. The van der Waals surface area contributed by atoms with Gasteiger partial charge in [-0.1, -0.05) is 182 Å². The fraction of sp³-hybridized carbons (Fsp3) is 0.333. The number of hydrogen-bond acceptors (Lipinski definition) is 11. The monoisotopic (exact) mass is 1040 g/mol. The molecule has 1 heterocycles. The van der Waals surface area contributed by atoms with Gasteiger partial charge in [-0.2, -0.15) is 8.78 Å². The van der Waals surface area contributed by atoms with Crippen LogP contribution in [0.5, 0.6) is 0 Å². The molecule has 0 radical (unpaired) electrons. The number of unbranched alkanes of at least 4 members (excludes halogenated alkanes) is 1. The van der Waals surface area contributed by atoms with Gasteiger partial charge in [0.1, 0.15) is 49.7 Å². The number of nitrogens with one attached hydrogen (secondary N) is 3. The Bertz CT molecular complexity index is 2660. The zero-order valence-corrected chi connectivity index (χ0v) is 42.4. The molecule has 1 aliphatic rings. The van der Waals surface area contributed by atoms with Gasteiger partial charge in [-0.25, -0.2) is 9.59 Å². The predicted molar refractivity (Wildman–Crippen MR) is 279 cm³/mol. The Morgan fingerprint density at radius 1 is 0.526 bits per heavy atom. The fourth-order valence-electron chi connectivity index (χ4n) is 8.41. The lowest BCUT2D eigenvalue weighted by Crippen LogP contribution is -2.67. The maximum atomic E-state index is 17.3. The van der Waals surface area contributed by atoms with Gasteiger partial charge in [0, 0.05) is 6.54 Å². The number of ether oxygens (including phenoxy) is 7. The third-order valence-electron chi connectivity index (χ3n) is 12.5. The predicted octanol–water partition coefficient (Wildman–Crippen LogP) is 9.19. The fourth-order valence-corrected chi connectivity index (χ4v) is 8.41. The summed E-state index contributed by atoms with van der Waals surface area (Å²) in [5.74, 6) is -7.24. The van der Waals surface area contributed by atoms with Crippen LogP contribution in [0.15, 0.2) is 182 Å². The Kier molecular flexibility index (Phi) is 22.0. The number of esters is 1. The Morgan fingerprint density at radius 2 is 0.947 bits per heavy atom. The molecule has 6 aromatic carbocycles. The average Bonchev–Trinajstić information content (AvgIpc) is 3.45. The summed E-state index contributed by atoms with van der Waals surface area (Å²) < 4.78 is 77.4. The molecule has 14 nitrogen and oxygen atoms in total. The van der Waals surface area contributed by atoms with Gasteiger partial charge in [-0.3, -0.25) is 9.59 Å². The van der Waals surface area contributed by atoms with Crippen molar-refractivity contribution in [2.45, 2.75) is 114 Å². The van der Waals surface area contributed by atoms with Crippen molar-refractivity contribution in [1.29, 1.82) is 0 Å². The van der Waals surface area contributed by atoms with Crippen molar-refractivity contribution in [3.63, 3.8) is 0 Å². The van der Waals surface area contributed by atoms with Crippen molar-refractivity contribution in [2.75, 3.05) is 13.2 Å². The topological polar surface area (TPSA) is 169 Å². The summed E-state index contributed by atoms with van der Waals surface area (Å²) >= 11 is 0. The zero-order chi connectivity index (χ0) is 53.4. The number of rotatable bonds is 28. The first kappa shape index (κ1) is 56.4. The van der Waals surface area contributed by atoms with Crippen LogP contribution in [0.3, 0.4) is 0 Å². The molecule has 16 heteroatoms. The number of alkyl carbamates (subject to hydrolysis) is 1. The highest BCUT2D eigenvalue weighted by atomic mass is 19.3. The molecule has 1 fully saturated rings. The minimum atomic E-state index is -4.21. The largest absolute Gasteiger partial charge is 0.459 e. The van der Waals surface area contributed by atoms with Gasteiger partial charge in [0.25, 0.3) is 5.91 Å². The molecule has 6 aromatic rings. The molecular formula is C60H65F2N3O11. The molecule has 3 amide bonds. The molecule has 76 heavy (non-hydrogen) atoms. The molecule has 3 N–H and O–H groups in total. The van der Waals surface area contributed by atoms with Crippen molar-refractivity contribution in [3.05, 3.63) is 215 Å². The van der Waals surface area contributed by atoms with Crippen LogP contribution < -0.4 is 16.0 Å². The van der Waals surface area contributed by atoms with Gasteiger partial charge in [-0.05, 0) is 59.6 Å². The summed E-state index contributed by atoms with van der Waals surface area (Å²) in [6.07, 6.45) is -7.79. The van der Waals surface area contributed by atoms with Crippen molar-refractivity contribution in [1.82, 2.24) is 16.0 Å². The number of amides is 3. The minimum absolute atomic E-state index is 0.000139. The van der Waals surface area contributed by atoms with Gasteiger partial charge in [0.15, 0.2) is 6.10 Å². The summed E-state index contributed by atoms with van der Waals surface area (Å²) in [6.45, 7) is 1.03. The Hall–Kier alpha value is -7.34. The van der Waals surface area contributed by atoms with Crippen LogP contribution >= 0.6 is 0 Å². The number of hydrogen-bond donors (Lipinski definition) is 3. The average molecular weight is 1040 g/mol. The van der Waals surface area contributed by atoms with Crippen LogP contribution in [0.1, 0.15) is 59.6 Å². The zero-order valence-electron chi connectivity index (χ0n) is 42.4. The number of alkyl halides is 2. The first-order valence-electron chi connectivity index (χ1n) is 25.4. The van der Waals surface area contributed by atoms with Crippen molar-refractivity contribution < 1.29 is 61.1 Å². The maximum absolute atomic E-state index is 17.3. The lowest BCUT2D eigenvalue weighted by atomic mass is 9.90. The number of carbonyl (C=O) groups is 4. The molecular weight excluding hydrogens is 977 g/mol. The second-order valence-electron chi connectivity index (χ2n) is 18.3. The maximum Gasteiger partial charge on any atom is 0.408 e. The summed E-state index contributed by atoms with van der Waals surface area (Å²) in [6, 6.07) is 52.7. The van der Waals surface area contributed by atoms with E-state index in [-0.39, 0.29) is 72.1 Å². The van der Waals surface area contributed by atoms with Crippen LogP contribution in [-0.4, -0.2) is 85.6 Å². The summed E-state index contributed by atoms with van der Waals surface area (Å²) in [5.41, 5.74) is 4.60. The van der Waals surface area contributed by atoms with Crippen LogP contribution in [0.4, 0.5) is 13.6 Å². The van der Waals surface area contributed by atoms with E-state index in [9.17, 15) is 19.2 Å². The lowest BCUT2D eigenvalue weighted by Gasteiger charge is -2.47. The summed E-state index contributed by atoms with van der Waals surface area (Å²) in [7, 11) is 0. The lowest BCUT2D eigenvalue weighted by molar-refractivity contribution is -0.304. The van der Waals surface area contributed by atoms with Crippen LogP contribution in [-0.2, 0) is 87.2 Å². The number of carbonyl (C=O) groups excluding carboxylic acids is 4. The van der Waals surface area contributed by atoms with Crippen LogP contribution in [0.25, 0.3) is 0 Å². The third kappa shape index (κ3) is 17.6. The molecule has 0 aromatic heterocycles. The third-order valence-corrected chi connectivity index (χ3v) is 12.5. The Labute approximate surface area is 442 Å². The van der Waals surface area contributed by atoms with E-state index in [1.807, 2.05) is 109 Å². The van der Waals surface area contributed by atoms with Crippen molar-refractivity contribution in [2.24, 2.45) is 0 Å². The van der Waals surface area contributed by atoms with Gasteiger partial charge in [-0.15, -0.1) is 0 Å². The van der Waals surface area contributed by atoms with Gasteiger partial charge in [0.2, 0.25) is 5.91 Å². The van der Waals surface area contributed by atoms with E-state index >= 15 is 8.78 Å². The smallest absolute Gasteiger partial charge is 0.408 e. The highest BCUT2D eigenvalue weighted by Gasteiger charge is 2.60. The number of halogens is 2. The molecule has 400 valence electrons. The molecule has 7 rings (SSSR count). The SMILES string of the molecule is C[C@H](NC(=O)[C@H](CCCCNC(=O)C(F)(F)[C@@H]1O[C@H](COCc2ccccc2)[C@H](OCc2ccccc2)[C@H](OCc2ccccc2)[C@H]1OCc1ccccc1)NC(=O)OCc1ccccc1)C(=O)OCc1ccccc1. The summed E-state index contributed by atoms with van der Waals surface area (Å²) in [5, 5.41) is 7.54. The molecule has 1 saturated heterocycles. The van der Waals surface area contributed by atoms with E-state index in [4.69, 9.17) is 33.2 Å². The minimum Gasteiger partial charge on any atom is -0.459 e. The molecule has 0 saturated carbocycles. The van der Waals surface area contributed by atoms with Gasteiger partial charge < -0.3 is 49.1 Å². The second kappa shape index (κ2) is 29.7. The Balaban J connectivity index is 1.06.